The molecule has 0 bridgehead atoms. The minimum Gasteiger partial charge on any atom is -0.456 e. The molecule has 0 aliphatic heterocycles. The summed E-state index contributed by atoms with van der Waals surface area (Å²) in [6, 6.07) is 139. The lowest BCUT2D eigenvalue weighted by molar-refractivity contribution is 0.668. The lowest BCUT2D eigenvalue weighted by Crippen LogP contribution is -2.02. The second-order valence-electron chi connectivity index (χ2n) is 29.9. The van der Waals surface area contributed by atoms with Gasteiger partial charge in [-0.05, 0) is 124 Å². The summed E-state index contributed by atoms with van der Waals surface area (Å²) < 4.78 is 23.9. The Morgan fingerprint density at radius 3 is 1.07 bits per heavy atom. The van der Waals surface area contributed by atoms with Crippen LogP contribution in [-0.4, -0.2) is 39.0 Å². The van der Waals surface area contributed by atoms with Crippen LogP contribution in [0.25, 0.3) is 234 Å². The molecule has 0 aliphatic rings. The molecule has 0 aliphatic carbocycles. The van der Waals surface area contributed by atoms with Gasteiger partial charge >= 0.3 is 0 Å². The first kappa shape index (κ1) is 68.4. The van der Waals surface area contributed by atoms with Gasteiger partial charge in [-0.3, -0.25) is 0 Å². The smallest absolute Gasteiger partial charge is 0.164 e. The summed E-state index contributed by atoms with van der Waals surface area (Å²) in [7, 11) is 0. The molecule has 0 atom stereocenters. The maximum Gasteiger partial charge on any atom is 0.164 e. The van der Waals surface area contributed by atoms with Crippen LogP contribution >= 0.6 is 0 Å². The van der Waals surface area contributed by atoms with Crippen LogP contribution in [0, 0.1) is 0 Å². The molecule has 0 spiro atoms. The van der Waals surface area contributed by atoms with E-state index in [1.54, 1.807) is 0 Å². The molecule has 17 aromatic carbocycles. The van der Waals surface area contributed by atoms with E-state index in [0.29, 0.717) is 34.9 Å². The average molecular weight is 1520 g/mol. The Kier molecular flexibility index (Phi) is 16.3. The van der Waals surface area contributed by atoms with E-state index in [2.05, 4.69) is 288 Å². The Morgan fingerprint density at radius 1 is 0.168 bits per heavy atom. The van der Waals surface area contributed by atoms with Crippen molar-refractivity contribution in [3.05, 3.63) is 400 Å². The molecule has 11 nitrogen and oxygen atoms in total. The minimum atomic E-state index is 0.587. The van der Waals surface area contributed by atoms with Gasteiger partial charge in [0.05, 0.1) is 27.8 Å². The molecular formula is C108H66N8O3. The standard InChI is InChI=1S/C57H36N4O.C51H30N4O2/c1-3-17-37(18-4-1)39-21-15-22-41(35-39)56-58-55(38-19-5-2-6-20-38)59-57(60-56)47-26-8-7-23-43(47)44-24-9-12-29-49(44)61-50-30-13-10-25-45(50)46-34-33-40(36-51(46)61)42-28-16-32-53-54(42)48-27-11-14-31-52(48)62-53;1-3-13-31(14-4-1)49-52-50(32-15-5-2-6-16-32)54-51(53-49)39-20-12-24-46-48(39)40-30-34(26-28-44(40)57-46)55-41-21-9-7-17-36(41)37-27-25-33(29-42(37)55)35-19-11-23-45-47(35)38-18-8-10-22-43(38)56-45/h1-36H;1-30H. The summed E-state index contributed by atoms with van der Waals surface area (Å²) >= 11 is 0. The van der Waals surface area contributed by atoms with E-state index in [-0.39, 0.29) is 0 Å². The summed E-state index contributed by atoms with van der Waals surface area (Å²) in [4.78, 5) is 30.7. The van der Waals surface area contributed by atoms with Crippen LogP contribution in [0.4, 0.5) is 0 Å². The highest BCUT2D eigenvalue weighted by atomic mass is 16.3. The number of hydrogen-bond acceptors (Lipinski definition) is 9. The van der Waals surface area contributed by atoms with Gasteiger partial charge in [-0.15, -0.1) is 0 Å². The van der Waals surface area contributed by atoms with Crippen molar-refractivity contribution in [2.45, 2.75) is 0 Å². The molecule has 0 saturated carbocycles. The zero-order chi connectivity index (χ0) is 78.4. The fourth-order valence-corrected chi connectivity index (χ4v) is 17.5. The van der Waals surface area contributed by atoms with E-state index in [0.717, 1.165) is 177 Å². The fraction of sp³-hybridized carbons (Fsp3) is 0. The van der Waals surface area contributed by atoms with Crippen molar-refractivity contribution in [3.63, 3.8) is 0 Å². The molecule has 7 aromatic heterocycles. The van der Waals surface area contributed by atoms with Crippen molar-refractivity contribution >= 4 is 109 Å². The van der Waals surface area contributed by atoms with Crippen molar-refractivity contribution < 1.29 is 13.3 Å². The third-order valence-electron chi connectivity index (χ3n) is 23.0. The van der Waals surface area contributed by atoms with Crippen LogP contribution < -0.4 is 0 Å². The monoisotopic (exact) mass is 1520 g/mol. The number of furan rings is 3. The first-order valence-electron chi connectivity index (χ1n) is 39.9. The zero-order valence-corrected chi connectivity index (χ0v) is 63.9. The predicted molar refractivity (Wildman–Crippen MR) is 485 cm³/mol. The van der Waals surface area contributed by atoms with Crippen LogP contribution in [0.2, 0.25) is 0 Å². The molecule has 119 heavy (non-hydrogen) atoms. The third kappa shape index (κ3) is 11.8. The summed E-state index contributed by atoms with van der Waals surface area (Å²) in [6.07, 6.45) is 0. The van der Waals surface area contributed by atoms with Crippen molar-refractivity contribution in [1.29, 1.82) is 0 Å². The van der Waals surface area contributed by atoms with Gasteiger partial charge in [-0.1, -0.05) is 315 Å². The van der Waals surface area contributed by atoms with E-state index in [1.807, 2.05) is 121 Å². The molecule has 0 fully saturated rings. The number of para-hydroxylation sites is 5. The van der Waals surface area contributed by atoms with Gasteiger partial charge in [0.2, 0.25) is 0 Å². The number of nitrogens with zero attached hydrogens (tertiary/aromatic N) is 8. The van der Waals surface area contributed by atoms with E-state index >= 15 is 0 Å². The lowest BCUT2D eigenvalue weighted by atomic mass is 9.96. The van der Waals surface area contributed by atoms with Gasteiger partial charge in [-0.25, -0.2) is 29.9 Å². The quantitative estimate of drug-likeness (QED) is 0.117. The molecule has 0 saturated heterocycles. The highest BCUT2D eigenvalue weighted by Gasteiger charge is 2.25. The fourth-order valence-electron chi connectivity index (χ4n) is 17.5. The Bertz CT molecular complexity index is 8070. The molecule has 24 aromatic rings. The first-order chi connectivity index (χ1) is 59.0. The lowest BCUT2D eigenvalue weighted by Gasteiger charge is -2.17. The number of aromatic nitrogens is 8. The van der Waals surface area contributed by atoms with Crippen molar-refractivity contribution in [1.82, 2.24) is 39.0 Å². The third-order valence-corrected chi connectivity index (χ3v) is 23.0. The average Bonchev–Trinajstić information content (AvgIpc) is 1.58. The maximum atomic E-state index is 6.55. The van der Waals surface area contributed by atoms with E-state index in [1.165, 1.54) is 21.5 Å². The summed E-state index contributed by atoms with van der Waals surface area (Å²) in [6.45, 7) is 0. The van der Waals surface area contributed by atoms with Crippen molar-refractivity contribution in [2.75, 3.05) is 0 Å². The van der Waals surface area contributed by atoms with Gasteiger partial charge < -0.3 is 22.4 Å². The van der Waals surface area contributed by atoms with Gasteiger partial charge in [0.1, 0.15) is 33.5 Å². The summed E-state index contributed by atoms with van der Waals surface area (Å²) in [5.41, 5.74) is 26.0. The number of fused-ring (bicyclic) bond motifs is 15. The van der Waals surface area contributed by atoms with Gasteiger partial charge in [0.15, 0.2) is 34.9 Å². The van der Waals surface area contributed by atoms with E-state index in [4.69, 9.17) is 43.2 Å². The first-order valence-corrected chi connectivity index (χ1v) is 39.9. The molecule has 0 radical (unpaired) electrons. The van der Waals surface area contributed by atoms with Gasteiger partial charge in [0, 0.05) is 98.5 Å². The van der Waals surface area contributed by atoms with E-state index in [9.17, 15) is 0 Å². The second kappa shape index (κ2) is 28.4. The molecule has 0 N–H and O–H groups in total. The van der Waals surface area contributed by atoms with Gasteiger partial charge in [-0.2, -0.15) is 0 Å². The maximum absolute atomic E-state index is 6.55. The highest BCUT2D eigenvalue weighted by Crippen LogP contribution is 2.46. The molecule has 24 rings (SSSR count). The highest BCUT2D eigenvalue weighted by molar-refractivity contribution is 6.18. The zero-order valence-electron chi connectivity index (χ0n) is 63.9. The van der Waals surface area contributed by atoms with Crippen molar-refractivity contribution in [3.8, 4) is 124 Å². The largest absolute Gasteiger partial charge is 0.456 e. The van der Waals surface area contributed by atoms with Crippen LogP contribution in [0.3, 0.4) is 0 Å². The van der Waals surface area contributed by atoms with Crippen molar-refractivity contribution in [2.24, 2.45) is 0 Å². The SMILES string of the molecule is c1ccc(-c2cccc(-c3nc(-c4ccccc4)nc(-c4ccccc4-c4ccccc4-n4c5ccccc5c5ccc(-c6cccc7oc8ccccc8c67)cc54)n3)c2)cc1.c1ccc(-c2nc(-c3ccccc3)nc(-c3cccc4oc5ccc(-n6c7ccccc7c7ccc(-c8cccc9oc%10ccccc%10c89)cc76)cc5c34)n2)cc1. The Balaban J connectivity index is 0.000000140. The van der Waals surface area contributed by atoms with Crippen LogP contribution in [-0.2, 0) is 0 Å². The molecular weight excluding hydrogens is 1460 g/mol. The summed E-state index contributed by atoms with van der Waals surface area (Å²) in [5, 5.41) is 11.2. The predicted octanol–water partition coefficient (Wildman–Crippen LogP) is 28.3. The van der Waals surface area contributed by atoms with Crippen LogP contribution in [0.5, 0.6) is 0 Å². The molecule has 0 amide bonds. The minimum absolute atomic E-state index is 0.587. The van der Waals surface area contributed by atoms with Crippen LogP contribution in [0.15, 0.2) is 414 Å². The molecule has 556 valence electrons. The molecule has 11 heteroatoms. The molecule has 7 heterocycles. The topological polar surface area (TPSA) is 127 Å². The van der Waals surface area contributed by atoms with E-state index < -0.39 is 0 Å². The molecule has 0 unspecified atom stereocenters. The number of rotatable bonds is 12. The second-order valence-corrected chi connectivity index (χ2v) is 29.9. The van der Waals surface area contributed by atoms with Crippen LogP contribution in [0.1, 0.15) is 0 Å². The summed E-state index contributed by atoms with van der Waals surface area (Å²) in [5.74, 6) is 3.66. The normalized spacial score (nSPS) is 11.7. The van der Waals surface area contributed by atoms with Gasteiger partial charge in [0.25, 0.3) is 0 Å². The Morgan fingerprint density at radius 2 is 0.521 bits per heavy atom. The number of hydrogen-bond donors (Lipinski definition) is 0. The number of benzene rings is 17. The Labute approximate surface area is 682 Å². The Hall–Kier alpha value is -16.2.